The molecule has 9 heteroatoms. The molecule has 148 valence electrons. The van der Waals surface area contributed by atoms with Crippen LogP contribution in [0.3, 0.4) is 0 Å². The highest BCUT2D eigenvalue weighted by Gasteiger charge is 2.23. The van der Waals surface area contributed by atoms with Crippen molar-refractivity contribution in [2.24, 2.45) is 5.73 Å². The van der Waals surface area contributed by atoms with Gasteiger partial charge in [0, 0.05) is 18.4 Å². The van der Waals surface area contributed by atoms with Crippen molar-refractivity contribution in [3.63, 3.8) is 0 Å². The van der Waals surface area contributed by atoms with Crippen LogP contribution >= 0.6 is 11.6 Å². The molecule has 8 nitrogen and oxygen atoms in total. The molecule has 0 bridgehead atoms. The number of anilines is 2. The van der Waals surface area contributed by atoms with Crippen LogP contribution in [0.1, 0.15) is 36.9 Å². The number of carbonyl (C=O) groups excluding carboxylic acids is 3. The van der Waals surface area contributed by atoms with E-state index in [1.54, 1.807) is 56.4 Å². The minimum absolute atomic E-state index is 0.0535. The molecule has 1 aromatic heterocycles. The normalized spacial score (nSPS) is 10.4. The summed E-state index contributed by atoms with van der Waals surface area (Å²) >= 11 is 6.06. The molecule has 0 saturated carbocycles. The maximum atomic E-state index is 12.7. The number of aromatic amines is 1. The highest BCUT2D eigenvalue weighted by molar-refractivity contribution is 6.34. The quantitative estimate of drug-likeness (QED) is 0.597. The van der Waals surface area contributed by atoms with Gasteiger partial charge < -0.3 is 20.9 Å². The van der Waals surface area contributed by atoms with Crippen LogP contribution in [0.2, 0.25) is 5.02 Å². The Kier molecular flexibility index (Phi) is 5.65. The van der Waals surface area contributed by atoms with Gasteiger partial charge in [-0.3, -0.25) is 14.4 Å². The van der Waals surface area contributed by atoms with Gasteiger partial charge in [0.1, 0.15) is 5.69 Å². The molecule has 4 N–H and O–H groups in total. The number of nitrogens with zero attached hydrogens (tertiary/aromatic N) is 2. The van der Waals surface area contributed by atoms with Crippen LogP contribution in [-0.4, -0.2) is 34.7 Å². The fraction of sp³-hybridized carbons (Fsp3) is 0.100. The number of H-pyrrole nitrogens is 1. The van der Waals surface area contributed by atoms with E-state index in [0.29, 0.717) is 22.0 Å². The molecule has 29 heavy (non-hydrogen) atoms. The van der Waals surface area contributed by atoms with Crippen molar-refractivity contribution in [1.82, 2.24) is 9.97 Å². The van der Waals surface area contributed by atoms with Gasteiger partial charge in [0.25, 0.3) is 17.7 Å². The molecule has 0 radical (unpaired) electrons. The predicted octanol–water partition coefficient (Wildman–Crippen LogP) is 3.00. The number of rotatable bonds is 5. The molecular weight excluding hydrogens is 394 g/mol. The molecule has 0 aliphatic rings. The zero-order chi connectivity index (χ0) is 21.1. The predicted molar refractivity (Wildman–Crippen MR) is 110 cm³/mol. The Morgan fingerprint density at radius 1 is 1.17 bits per heavy atom. The second kappa shape index (κ2) is 8.15. The zero-order valence-electron chi connectivity index (χ0n) is 15.7. The van der Waals surface area contributed by atoms with E-state index in [-0.39, 0.29) is 17.3 Å². The first-order valence-electron chi connectivity index (χ1n) is 8.57. The van der Waals surface area contributed by atoms with Crippen LogP contribution in [0.15, 0.2) is 48.8 Å². The highest BCUT2D eigenvalue weighted by atomic mass is 35.5. The van der Waals surface area contributed by atoms with E-state index in [0.717, 1.165) is 5.56 Å². The van der Waals surface area contributed by atoms with E-state index >= 15 is 0 Å². The molecule has 3 rings (SSSR count). The number of hydrogen-bond acceptors (Lipinski definition) is 4. The Morgan fingerprint density at radius 3 is 2.55 bits per heavy atom. The van der Waals surface area contributed by atoms with Crippen molar-refractivity contribution in [3.05, 3.63) is 76.3 Å². The minimum atomic E-state index is -0.770. The third kappa shape index (κ3) is 4.12. The summed E-state index contributed by atoms with van der Waals surface area (Å²) in [6, 6.07) is 11.8. The van der Waals surface area contributed by atoms with Gasteiger partial charge in [-0.05, 0) is 42.8 Å². The maximum Gasteiger partial charge on any atom is 0.279 e. The third-order valence-corrected chi connectivity index (χ3v) is 4.69. The number of primary amides is 1. The Morgan fingerprint density at radius 2 is 1.90 bits per heavy atom. The van der Waals surface area contributed by atoms with Gasteiger partial charge in [-0.1, -0.05) is 23.7 Å². The average Bonchev–Trinajstić information content (AvgIpc) is 3.19. The van der Waals surface area contributed by atoms with Crippen LogP contribution in [0, 0.1) is 6.92 Å². The lowest BCUT2D eigenvalue weighted by Gasteiger charge is -2.18. The molecule has 0 spiro atoms. The number of carbonyl (C=O) groups is 3. The number of nitrogens with two attached hydrogens (primary N) is 1. The third-order valence-electron chi connectivity index (χ3n) is 4.36. The van der Waals surface area contributed by atoms with Crippen molar-refractivity contribution in [3.8, 4) is 0 Å². The smallest absolute Gasteiger partial charge is 0.279 e. The van der Waals surface area contributed by atoms with Crippen molar-refractivity contribution < 1.29 is 14.4 Å². The summed E-state index contributed by atoms with van der Waals surface area (Å²) in [4.78, 5) is 44.3. The van der Waals surface area contributed by atoms with Crippen LogP contribution < -0.4 is 16.0 Å². The second-order valence-electron chi connectivity index (χ2n) is 6.29. The zero-order valence-corrected chi connectivity index (χ0v) is 16.4. The van der Waals surface area contributed by atoms with Crippen molar-refractivity contribution in [2.75, 3.05) is 17.3 Å². The lowest BCUT2D eigenvalue weighted by molar-refractivity contribution is 0.0958. The number of aromatic nitrogens is 2. The average molecular weight is 412 g/mol. The second-order valence-corrected chi connectivity index (χ2v) is 6.69. The van der Waals surface area contributed by atoms with Gasteiger partial charge in [0.05, 0.1) is 16.9 Å². The monoisotopic (exact) mass is 411 g/mol. The fourth-order valence-corrected chi connectivity index (χ4v) is 2.97. The molecule has 3 amide bonds. The van der Waals surface area contributed by atoms with Crippen molar-refractivity contribution in [1.29, 1.82) is 0 Å². The topological polar surface area (TPSA) is 121 Å². The summed E-state index contributed by atoms with van der Waals surface area (Å²) < 4.78 is 0. The molecule has 0 saturated heterocycles. The highest BCUT2D eigenvalue weighted by Crippen LogP contribution is 2.25. The molecule has 0 unspecified atom stereocenters. The van der Waals surface area contributed by atoms with Gasteiger partial charge in [-0.2, -0.15) is 0 Å². The van der Waals surface area contributed by atoms with E-state index in [4.69, 9.17) is 17.3 Å². The first-order chi connectivity index (χ1) is 13.8. The van der Waals surface area contributed by atoms with E-state index in [1.165, 1.54) is 11.2 Å². The summed E-state index contributed by atoms with van der Waals surface area (Å²) in [6.07, 6.45) is 1.24. The molecule has 0 atom stereocenters. The minimum Gasteiger partial charge on any atom is -0.364 e. The van der Waals surface area contributed by atoms with Crippen LogP contribution in [-0.2, 0) is 0 Å². The Bertz CT molecular complexity index is 1110. The van der Waals surface area contributed by atoms with Gasteiger partial charge in [-0.15, -0.1) is 0 Å². The standard InChI is InChI=1S/C20H18ClN5O3/c1-11-9-12(26(2)20(29)17-16(18(22)27)23-10-24-17)7-8-15(11)25-19(28)13-5-3-4-6-14(13)21/h3-10H,1-2H3,(H2,22,27)(H,23,24)(H,25,28). The number of hydrogen-bond donors (Lipinski definition) is 3. The number of aryl methyl sites for hydroxylation is 1. The maximum absolute atomic E-state index is 12.7. The van der Waals surface area contributed by atoms with Gasteiger partial charge in [-0.25, -0.2) is 4.98 Å². The Labute approximate surface area is 171 Å². The fourth-order valence-electron chi connectivity index (χ4n) is 2.75. The van der Waals surface area contributed by atoms with Crippen LogP contribution in [0.5, 0.6) is 0 Å². The number of benzene rings is 2. The van der Waals surface area contributed by atoms with E-state index in [1.807, 2.05) is 0 Å². The molecule has 3 aromatic rings. The summed E-state index contributed by atoms with van der Waals surface area (Å²) in [5, 5.41) is 3.16. The van der Waals surface area contributed by atoms with Crippen LogP contribution in [0.4, 0.5) is 11.4 Å². The molecule has 2 aromatic carbocycles. The molecule has 1 heterocycles. The first kappa shape index (κ1) is 20.1. The van der Waals surface area contributed by atoms with Gasteiger partial charge in [0.15, 0.2) is 5.69 Å². The number of nitrogens with one attached hydrogen (secondary N) is 2. The summed E-state index contributed by atoms with van der Waals surface area (Å²) in [6.45, 7) is 1.80. The molecule has 0 aliphatic heterocycles. The van der Waals surface area contributed by atoms with Crippen LogP contribution in [0.25, 0.3) is 0 Å². The van der Waals surface area contributed by atoms with Gasteiger partial charge >= 0.3 is 0 Å². The van der Waals surface area contributed by atoms with E-state index < -0.39 is 11.8 Å². The molecule has 0 fully saturated rings. The Hall–Kier alpha value is -3.65. The van der Waals surface area contributed by atoms with Crippen molar-refractivity contribution >= 4 is 40.7 Å². The largest absolute Gasteiger partial charge is 0.364 e. The van der Waals surface area contributed by atoms with Gasteiger partial charge in [0.2, 0.25) is 0 Å². The van der Waals surface area contributed by atoms with Crippen molar-refractivity contribution in [2.45, 2.75) is 6.92 Å². The summed E-state index contributed by atoms with van der Waals surface area (Å²) in [7, 11) is 1.55. The summed E-state index contributed by atoms with van der Waals surface area (Å²) in [5.74, 6) is -1.60. The number of amides is 3. The van der Waals surface area contributed by atoms with E-state index in [2.05, 4.69) is 15.3 Å². The first-order valence-corrected chi connectivity index (χ1v) is 8.95. The molecule has 0 aliphatic carbocycles. The lowest BCUT2D eigenvalue weighted by Crippen LogP contribution is -2.29. The van der Waals surface area contributed by atoms with E-state index in [9.17, 15) is 14.4 Å². The number of imidazole rings is 1. The number of halogens is 1. The summed E-state index contributed by atoms with van der Waals surface area (Å²) in [5.41, 5.74) is 7.38. The molecular formula is C20H18ClN5O3. The lowest BCUT2D eigenvalue weighted by atomic mass is 10.1. The SMILES string of the molecule is Cc1cc(N(C)C(=O)c2nc[nH]c2C(N)=O)ccc1NC(=O)c1ccccc1Cl. The Balaban J connectivity index is 1.81.